The van der Waals surface area contributed by atoms with E-state index in [1.165, 1.54) is 25.1 Å². The molecule has 3 rings (SSSR count). The number of halogens is 1. The van der Waals surface area contributed by atoms with Gasteiger partial charge in [0, 0.05) is 5.69 Å². The number of benzene rings is 3. The highest BCUT2D eigenvalue weighted by Gasteiger charge is 2.23. The van der Waals surface area contributed by atoms with Crippen molar-refractivity contribution in [2.45, 2.75) is 19.6 Å². The van der Waals surface area contributed by atoms with E-state index in [1.54, 1.807) is 60.7 Å². The first-order valence-corrected chi connectivity index (χ1v) is 9.76. The summed E-state index contributed by atoms with van der Waals surface area (Å²) in [6, 6.07) is 20.0. The van der Waals surface area contributed by atoms with Crippen molar-refractivity contribution in [1.29, 1.82) is 0 Å². The molecule has 8 heteroatoms. The minimum atomic E-state index is -1.23. The molecule has 3 amide bonds. The normalized spacial score (nSPS) is 11.2. The lowest BCUT2D eigenvalue weighted by molar-refractivity contribution is -0.127. The number of para-hydroxylation sites is 2. The third-order valence-corrected chi connectivity index (χ3v) is 4.34. The molecule has 0 aliphatic heterocycles. The van der Waals surface area contributed by atoms with E-state index in [0.29, 0.717) is 11.3 Å². The smallest absolute Gasteiger partial charge is 0.342 e. The monoisotopic (exact) mass is 436 g/mol. The number of anilines is 1. The third kappa shape index (κ3) is 6.40. The van der Waals surface area contributed by atoms with Crippen molar-refractivity contribution >= 4 is 23.6 Å². The maximum atomic E-state index is 13.0. The van der Waals surface area contributed by atoms with Crippen molar-refractivity contribution in [3.63, 3.8) is 0 Å². The largest absolute Gasteiger partial charge is 0.488 e. The highest BCUT2D eigenvalue weighted by atomic mass is 19.1. The summed E-state index contributed by atoms with van der Waals surface area (Å²) in [5.74, 6) is -1.68. The summed E-state index contributed by atoms with van der Waals surface area (Å²) in [5, 5.41) is 4.63. The summed E-state index contributed by atoms with van der Waals surface area (Å²) in [5.41, 5.74) is 1.34. The first-order valence-electron chi connectivity index (χ1n) is 9.76. The molecule has 0 aromatic heterocycles. The van der Waals surface area contributed by atoms with Crippen LogP contribution in [-0.4, -0.2) is 24.0 Å². The summed E-state index contributed by atoms with van der Waals surface area (Å²) < 4.78 is 23.9. The lowest BCUT2D eigenvalue weighted by Gasteiger charge is -2.15. The lowest BCUT2D eigenvalue weighted by atomic mass is 10.2. The summed E-state index contributed by atoms with van der Waals surface area (Å²) in [7, 11) is 0. The number of imide groups is 1. The van der Waals surface area contributed by atoms with Crippen molar-refractivity contribution in [3.8, 4) is 5.75 Å². The number of hydrogen-bond donors (Lipinski definition) is 2. The van der Waals surface area contributed by atoms with Crippen LogP contribution in [-0.2, 0) is 16.1 Å². The molecule has 0 bridgehead atoms. The molecule has 0 saturated heterocycles. The zero-order valence-corrected chi connectivity index (χ0v) is 17.2. The lowest BCUT2D eigenvalue weighted by Crippen LogP contribution is -2.41. The van der Waals surface area contributed by atoms with E-state index >= 15 is 0 Å². The first kappa shape index (κ1) is 22.5. The number of urea groups is 1. The molecule has 0 aliphatic carbocycles. The Morgan fingerprint density at radius 1 is 0.906 bits per heavy atom. The van der Waals surface area contributed by atoms with Gasteiger partial charge >= 0.3 is 12.0 Å². The van der Waals surface area contributed by atoms with Gasteiger partial charge in [-0.25, -0.2) is 14.0 Å². The van der Waals surface area contributed by atoms with Gasteiger partial charge in [-0.3, -0.25) is 10.1 Å². The molecule has 0 spiro atoms. The first-order chi connectivity index (χ1) is 15.4. The molecule has 3 aromatic rings. The van der Waals surface area contributed by atoms with Crippen LogP contribution < -0.4 is 15.4 Å². The quantitative estimate of drug-likeness (QED) is 0.539. The van der Waals surface area contributed by atoms with Gasteiger partial charge in [-0.05, 0) is 48.9 Å². The van der Waals surface area contributed by atoms with Crippen molar-refractivity contribution < 1.29 is 28.2 Å². The number of ether oxygens (including phenoxy) is 2. The number of esters is 1. The standard InChI is InChI=1S/C24H21FN2O5/c1-16(22(28)27-24(30)26-19-7-3-2-4-8-19)32-23(29)20-9-5-6-10-21(20)31-15-17-11-13-18(25)14-12-17/h2-14,16H,15H2,1H3,(H2,26,27,28,30). The van der Waals surface area contributed by atoms with Gasteiger partial charge in [0.05, 0.1) is 0 Å². The van der Waals surface area contributed by atoms with Gasteiger partial charge in [0.2, 0.25) is 0 Å². The topological polar surface area (TPSA) is 93.7 Å². The molecule has 0 saturated carbocycles. The molecule has 2 N–H and O–H groups in total. The van der Waals surface area contributed by atoms with Crippen LogP contribution in [0.3, 0.4) is 0 Å². The molecule has 1 unspecified atom stereocenters. The van der Waals surface area contributed by atoms with Gasteiger partial charge in [0.25, 0.3) is 5.91 Å². The van der Waals surface area contributed by atoms with Crippen LogP contribution in [0, 0.1) is 5.82 Å². The molecular formula is C24H21FN2O5. The molecule has 1 atom stereocenters. The third-order valence-electron chi connectivity index (χ3n) is 4.34. The number of rotatable bonds is 7. The number of amides is 3. The highest BCUT2D eigenvalue weighted by Crippen LogP contribution is 2.21. The van der Waals surface area contributed by atoms with E-state index in [4.69, 9.17) is 9.47 Å². The fourth-order valence-electron chi connectivity index (χ4n) is 2.68. The van der Waals surface area contributed by atoms with Crippen molar-refractivity contribution in [1.82, 2.24) is 5.32 Å². The van der Waals surface area contributed by atoms with E-state index in [9.17, 15) is 18.8 Å². The second kappa shape index (κ2) is 10.7. The molecule has 0 heterocycles. The summed E-state index contributed by atoms with van der Waals surface area (Å²) >= 11 is 0. The molecule has 164 valence electrons. The maximum absolute atomic E-state index is 13.0. The Morgan fingerprint density at radius 2 is 1.56 bits per heavy atom. The van der Waals surface area contributed by atoms with E-state index < -0.39 is 24.0 Å². The van der Waals surface area contributed by atoms with Gasteiger partial charge in [0.15, 0.2) is 6.10 Å². The van der Waals surface area contributed by atoms with Crippen LogP contribution in [0.1, 0.15) is 22.8 Å². The maximum Gasteiger partial charge on any atom is 0.342 e. The summed E-state index contributed by atoms with van der Waals surface area (Å²) in [6.07, 6.45) is -1.23. The Balaban J connectivity index is 1.56. The summed E-state index contributed by atoms with van der Waals surface area (Å²) in [6.45, 7) is 1.46. The number of carbonyl (C=O) groups is 3. The van der Waals surface area contributed by atoms with Crippen LogP contribution in [0.25, 0.3) is 0 Å². The Kier molecular flexibility index (Phi) is 7.53. The van der Waals surface area contributed by atoms with E-state index in [-0.39, 0.29) is 23.7 Å². The van der Waals surface area contributed by atoms with Gasteiger partial charge < -0.3 is 14.8 Å². The fraction of sp³-hybridized carbons (Fsp3) is 0.125. The second-order valence-corrected chi connectivity index (χ2v) is 6.77. The molecular weight excluding hydrogens is 415 g/mol. The van der Waals surface area contributed by atoms with Crippen molar-refractivity contribution in [3.05, 3.63) is 95.8 Å². The molecule has 3 aromatic carbocycles. The Bertz CT molecular complexity index is 1090. The number of carbonyl (C=O) groups excluding carboxylic acids is 3. The Hall–Kier alpha value is -4.20. The number of nitrogens with one attached hydrogen (secondary N) is 2. The van der Waals surface area contributed by atoms with Crippen molar-refractivity contribution in [2.24, 2.45) is 0 Å². The van der Waals surface area contributed by atoms with E-state index in [2.05, 4.69) is 10.6 Å². The van der Waals surface area contributed by atoms with E-state index in [1.807, 2.05) is 0 Å². The predicted octanol–water partition coefficient (Wildman–Crippen LogP) is 4.30. The Morgan fingerprint density at radius 3 is 2.28 bits per heavy atom. The van der Waals surface area contributed by atoms with Crippen LogP contribution in [0.4, 0.5) is 14.9 Å². The average Bonchev–Trinajstić information content (AvgIpc) is 2.79. The highest BCUT2D eigenvalue weighted by molar-refractivity contribution is 6.03. The SMILES string of the molecule is CC(OC(=O)c1ccccc1OCc1ccc(F)cc1)C(=O)NC(=O)Nc1ccccc1. The predicted molar refractivity (Wildman–Crippen MR) is 116 cm³/mol. The van der Waals surface area contributed by atoms with Crippen LogP contribution in [0.15, 0.2) is 78.9 Å². The average molecular weight is 436 g/mol. The fourth-order valence-corrected chi connectivity index (χ4v) is 2.68. The summed E-state index contributed by atoms with van der Waals surface area (Å²) in [4.78, 5) is 36.8. The van der Waals surface area contributed by atoms with E-state index in [0.717, 1.165) is 0 Å². The number of hydrogen-bond acceptors (Lipinski definition) is 5. The zero-order chi connectivity index (χ0) is 22.9. The molecule has 0 aliphatic rings. The minimum Gasteiger partial charge on any atom is -0.488 e. The molecule has 7 nitrogen and oxygen atoms in total. The van der Waals surface area contributed by atoms with Crippen molar-refractivity contribution in [2.75, 3.05) is 5.32 Å². The zero-order valence-electron chi connectivity index (χ0n) is 17.2. The van der Waals surface area contributed by atoms with Crippen LogP contribution >= 0.6 is 0 Å². The molecule has 0 fully saturated rings. The van der Waals surface area contributed by atoms with Crippen LogP contribution in [0.2, 0.25) is 0 Å². The van der Waals surface area contributed by atoms with Crippen LogP contribution in [0.5, 0.6) is 5.75 Å². The molecule has 32 heavy (non-hydrogen) atoms. The van der Waals surface area contributed by atoms with Gasteiger partial charge in [-0.1, -0.05) is 42.5 Å². The van der Waals surface area contributed by atoms with Gasteiger partial charge in [-0.15, -0.1) is 0 Å². The van der Waals surface area contributed by atoms with Gasteiger partial charge in [0.1, 0.15) is 23.7 Å². The Labute approximate surface area is 184 Å². The second-order valence-electron chi connectivity index (χ2n) is 6.77. The van der Waals surface area contributed by atoms with Gasteiger partial charge in [-0.2, -0.15) is 0 Å². The minimum absolute atomic E-state index is 0.111. The molecule has 0 radical (unpaired) electrons.